The zero-order valence-corrected chi connectivity index (χ0v) is 20.8. The van der Waals surface area contributed by atoms with Crippen molar-refractivity contribution in [2.24, 2.45) is 0 Å². The van der Waals surface area contributed by atoms with Gasteiger partial charge in [-0.1, -0.05) is 42.3 Å². The van der Waals surface area contributed by atoms with Crippen molar-refractivity contribution < 1.29 is 9.53 Å². The van der Waals surface area contributed by atoms with Crippen molar-refractivity contribution in [1.29, 1.82) is 0 Å². The van der Waals surface area contributed by atoms with Crippen LogP contribution in [0.2, 0.25) is 10.0 Å². The molecule has 4 rings (SSSR count). The normalized spacial score (nSPS) is 15.6. The summed E-state index contributed by atoms with van der Waals surface area (Å²) in [7, 11) is 1.62. The predicted octanol–water partition coefficient (Wildman–Crippen LogP) is 4.26. The fourth-order valence-electron chi connectivity index (χ4n) is 4.51. The molecule has 1 saturated heterocycles. The number of hydrogen-bond acceptors (Lipinski definition) is 5. The van der Waals surface area contributed by atoms with Gasteiger partial charge in [0.05, 0.1) is 40.7 Å². The number of para-hydroxylation sites is 1. The number of nitrogens with zero attached hydrogens (tertiary/aromatic N) is 4. The van der Waals surface area contributed by atoms with Crippen molar-refractivity contribution in [1.82, 2.24) is 19.4 Å². The van der Waals surface area contributed by atoms with Crippen LogP contribution in [0.3, 0.4) is 0 Å². The molecule has 1 fully saturated rings. The number of piperazine rings is 1. The Kier molecular flexibility index (Phi) is 7.88. The average molecular weight is 503 g/mol. The van der Waals surface area contributed by atoms with Crippen LogP contribution in [0.4, 0.5) is 0 Å². The number of ether oxygens (including phenoxy) is 1. The molecule has 1 amide bonds. The maximum absolute atomic E-state index is 13.3. The van der Waals surface area contributed by atoms with Gasteiger partial charge < -0.3 is 9.64 Å². The molecule has 1 aliphatic rings. The highest BCUT2D eigenvalue weighted by atomic mass is 35.5. The van der Waals surface area contributed by atoms with Crippen LogP contribution in [0.5, 0.6) is 0 Å². The smallest absolute Gasteiger partial charge is 0.261 e. The summed E-state index contributed by atoms with van der Waals surface area (Å²) in [5.74, 6) is 0.638. The Hall–Kier alpha value is -2.45. The summed E-state index contributed by atoms with van der Waals surface area (Å²) in [6, 6.07) is 12.3. The molecule has 0 saturated carbocycles. The van der Waals surface area contributed by atoms with Gasteiger partial charge in [-0.25, -0.2) is 4.98 Å². The Balaban J connectivity index is 1.58. The van der Waals surface area contributed by atoms with E-state index < -0.39 is 0 Å². The van der Waals surface area contributed by atoms with Gasteiger partial charge in [-0.2, -0.15) is 0 Å². The highest BCUT2D eigenvalue weighted by Gasteiger charge is 2.30. The van der Waals surface area contributed by atoms with E-state index in [1.54, 1.807) is 29.9 Å². The third-order valence-corrected chi connectivity index (χ3v) is 6.85. The first-order valence-corrected chi connectivity index (χ1v) is 12.2. The van der Waals surface area contributed by atoms with Gasteiger partial charge in [-0.15, -0.1) is 0 Å². The first-order valence-electron chi connectivity index (χ1n) is 11.4. The van der Waals surface area contributed by atoms with E-state index in [0.717, 1.165) is 12.2 Å². The summed E-state index contributed by atoms with van der Waals surface area (Å²) in [5, 5.41) is 1.46. The number of halogens is 2. The summed E-state index contributed by atoms with van der Waals surface area (Å²) in [4.78, 5) is 35.3. The van der Waals surface area contributed by atoms with Gasteiger partial charge in [0.2, 0.25) is 0 Å². The van der Waals surface area contributed by atoms with Gasteiger partial charge in [0, 0.05) is 38.3 Å². The molecule has 0 N–H and O–H groups in total. The molecule has 180 valence electrons. The Bertz CT molecular complexity index is 1240. The number of aromatic nitrogens is 2. The van der Waals surface area contributed by atoms with Gasteiger partial charge in [0.1, 0.15) is 5.82 Å². The topological polar surface area (TPSA) is 67.7 Å². The number of carbonyl (C=O) groups excluding carboxylic acids is 1. The van der Waals surface area contributed by atoms with Crippen LogP contribution in [0, 0.1) is 0 Å². The van der Waals surface area contributed by atoms with Crippen molar-refractivity contribution in [2.75, 3.05) is 39.9 Å². The van der Waals surface area contributed by atoms with E-state index in [9.17, 15) is 9.59 Å². The van der Waals surface area contributed by atoms with Crippen LogP contribution in [0.15, 0.2) is 47.3 Å². The van der Waals surface area contributed by atoms with E-state index in [2.05, 4.69) is 11.8 Å². The zero-order chi connectivity index (χ0) is 24.2. The summed E-state index contributed by atoms with van der Waals surface area (Å²) >= 11 is 12.2. The van der Waals surface area contributed by atoms with E-state index in [1.807, 2.05) is 29.2 Å². The molecule has 0 aliphatic carbocycles. The second kappa shape index (κ2) is 10.9. The zero-order valence-electron chi connectivity index (χ0n) is 19.3. The lowest BCUT2D eigenvalue weighted by Crippen LogP contribution is -2.50. The van der Waals surface area contributed by atoms with Gasteiger partial charge in [-0.05, 0) is 36.8 Å². The number of carbonyl (C=O) groups is 1. The Morgan fingerprint density at radius 3 is 2.53 bits per heavy atom. The lowest BCUT2D eigenvalue weighted by molar-refractivity contribution is 0.0546. The van der Waals surface area contributed by atoms with Crippen molar-refractivity contribution in [3.8, 4) is 0 Å². The minimum atomic E-state index is -0.102. The van der Waals surface area contributed by atoms with Crippen LogP contribution in [-0.2, 0) is 11.3 Å². The lowest BCUT2D eigenvalue weighted by atomic mass is 10.1. The third-order valence-electron chi connectivity index (χ3n) is 6.30. The molecular weight excluding hydrogens is 475 g/mol. The lowest BCUT2D eigenvalue weighted by Gasteiger charge is -2.39. The minimum absolute atomic E-state index is 0.0504. The molecule has 2 heterocycles. The second-order valence-corrected chi connectivity index (χ2v) is 9.16. The molecule has 0 bridgehead atoms. The molecule has 1 aliphatic heterocycles. The number of amides is 1. The molecule has 9 heteroatoms. The summed E-state index contributed by atoms with van der Waals surface area (Å²) in [6.45, 7) is 5.41. The van der Waals surface area contributed by atoms with E-state index in [0.29, 0.717) is 65.8 Å². The molecule has 0 radical (unpaired) electrons. The largest absolute Gasteiger partial charge is 0.383 e. The van der Waals surface area contributed by atoms with Gasteiger partial charge in [0.25, 0.3) is 11.5 Å². The summed E-state index contributed by atoms with van der Waals surface area (Å²) < 4.78 is 7.00. The highest BCUT2D eigenvalue weighted by molar-refractivity contribution is 6.36. The van der Waals surface area contributed by atoms with E-state index in [1.165, 1.54) is 0 Å². The van der Waals surface area contributed by atoms with Crippen LogP contribution >= 0.6 is 23.2 Å². The maximum Gasteiger partial charge on any atom is 0.261 e. The fourth-order valence-corrected chi connectivity index (χ4v) is 5.00. The summed E-state index contributed by atoms with van der Waals surface area (Å²) in [6.07, 6.45) is 0.786. The minimum Gasteiger partial charge on any atom is -0.383 e. The molecule has 2 aromatic carbocycles. The van der Waals surface area contributed by atoms with Crippen molar-refractivity contribution in [3.63, 3.8) is 0 Å². The van der Waals surface area contributed by atoms with Crippen LogP contribution in [0.1, 0.15) is 35.6 Å². The van der Waals surface area contributed by atoms with Crippen LogP contribution in [-0.4, -0.2) is 65.2 Å². The maximum atomic E-state index is 13.3. The highest BCUT2D eigenvalue weighted by Crippen LogP contribution is 2.27. The molecular formula is C25H28Cl2N4O3. The van der Waals surface area contributed by atoms with Gasteiger partial charge >= 0.3 is 0 Å². The number of benzene rings is 2. The molecule has 1 atom stereocenters. The first-order chi connectivity index (χ1) is 16.4. The van der Waals surface area contributed by atoms with Crippen molar-refractivity contribution in [3.05, 3.63) is 74.3 Å². The standard InChI is InChI=1S/C25H28Cl2N4O3/c1-3-22(23-28-21-7-5-4-6-19(21)25(33)31(23)14-15-34-2)29-10-12-30(13-11-29)24(32)18-9-8-17(26)16-20(18)27/h4-9,16,22H,3,10-15H2,1-2H3. The van der Waals surface area contributed by atoms with E-state index in [4.69, 9.17) is 32.9 Å². The van der Waals surface area contributed by atoms with Crippen molar-refractivity contribution >= 4 is 40.0 Å². The Labute approximate surface area is 208 Å². The predicted molar refractivity (Wildman–Crippen MR) is 135 cm³/mol. The summed E-state index contributed by atoms with van der Waals surface area (Å²) in [5.41, 5.74) is 1.10. The SMILES string of the molecule is CCC(c1nc2ccccc2c(=O)n1CCOC)N1CCN(C(=O)c2ccc(Cl)cc2Cl)CC1. The second-order valence-electron chi connectivity index (χ2n) is 8.31. The molecule has 0 spiro atoms. The van der Waals surface area contributed by atoms with Crippen LogP contribution < -0.4 is 5.56 Å². The molecule has 1 unspecified atom stereocenters. The van der Waals surface area contributed by atoms with Crippen LogP contribution in [0.25, 0.3) is 10.9 Å². The fraction of sp³-hybridized carbons (Fsp3) is 0.400. The number of fused-ring (bicyclic) bond motifs is 1. The quantitative estimate of drug-likeness (QED) is 0.482. The third kappa shape index (κ3) is 4.98. The Morgan fingerprint density at radius 1 is 1.12 bits per heavy atom. The van der Waals surface area contributed by atoms with Crippen molar-refractivity contribution in [2.45, 2.75) is 25.9 Å². The molecule has 7 nitrogen and oxygen atoms in total. The number of methoxy groups -OCH3 is 1. The monoisotopic (exact) mass is 502 g/mol. The molecule has 3 aromatic rings. The molecule has 1 aromatic heterocycles. The number of rotatable bonds is 7. The van der Waals surface area contributed by atoms with Gasteiger partial charge in [0.15, 0.2) is 0 Å². The van der Waals surface area contributed by atoms with Gasteiger partial charge in [-0.3, -0.25) is 19.1 Å². The average Bonchev–Trinajstić information content (AvgIpc) is 2.84. The Morgan fingerprint density at radius 2 is 1.85 bits per heavy atom. The first kappa shape index (κ1) is 24.7. The van der Waals surface area contributed by atoms with E-state index in [-0.39, 0.29) is 17.5 Å². The molecule has 34 heavy (non-hydrogen) atoms. The van der Waals surface area contributed by atoms with E-state index >= 15 is 0 Å². The number of hydrogen-bond donors (Lipinski definition) is 0.